The fraction of sp³-hybridized carbons (Fsp3) is 0.833. The van der Waals surface area contributed by atoms with Gasteiger partial charge >= 0.3 is 5.97 Å². The van der Waals surface area contributed by atoms with Crippen molar-refractivity contribution in [3.05, 3.63) is 0 Å². The van der Waals surface area contributed by atoms with Gasteiger partial charge in [0.1, 0.15) is 6.04 Å². The number of rotatable bonds is 6. The van der Waals surface area contributed by atoms with Crippen molar-refractivity contribution < 1.29 is 14.7 Å². The van der Waals surface area contributed by atoms with Crippen LogP contribution < -0.4 is 5.32 Å². The maximum atomic E-state index is 12.0. The molecule has 92 valence electrons. The fourth-order valence-electron chi connectivity index (χ4n) is 2.05. The molecule has 1 rings (SSSR count). The number of aliphatic carboxylic acids is 1. The average molecular weight is 227 g/mol. The second-order valence-corrected chi connectivity index (χ2v) is 4.96. The van der Waals surface area contributed by atoms with Crippen molar-refractivity contribution in [3.63, 3.8) is 0 Å². The minimum absolute atomic E-state index is 0.0802. The molecular weight excluding hydrogens is 206 g/mol. The molecule has 4 heteroatoms. The zero-order valence-corrected chi connectivity index (χ0v) is 10.2. The summed E-state index contributed by atoms with van der Waals surface area (Å²) in [6.45, 7) is 5.95. The minimum Gasteiger partial charge on any atom is -0.480 e. The van der Waals surface area contributed by atoms with Crippen LogP contribution in [0.15, 0.2) is 0 Å². The lowest BCUT2D eigenvalue weighted by molar-refractivity contribution is -0.143. The van der Waals surface area contributed by atoms with E-state index in [1.807, 2.05) is 20.8 Å². The minimum atomic E-state index is -0.935. The summed E-state index contributed by atoms with van der Waals surface area (Å²) >= 11 is 0. The van der Waals surface area contributed by atoms with Crippen LogP contribution >= 0.6 is 0 Å². The molecule has 1 unspecified atom stereocenters. The molecule has 1 saturated carbocycles. The summed E-state index contributed by atoms with van der Waals surface area (Å²) in [5.74, 6) is -0.735. The molecule has 2 N–H and O–H groups in total. The molecule has 0 aromatic carbocycles. The van der Waals surface area contributed by atoms with Gasteiger partial charge in [-0.05, 0) is 25.2 Å². The highest BCUT2D eigenvalue weighted by Crippen LogP contribution is 2.52. The second kappa shape index (κ2) is 4.85. The zero-order chi connectivity index (χ0) is 12.3. The van der Waals surface area contributed by atoms with Gasteiger partial charge < -0.3 is 10.4 Å². The fourth-order valence-corrected chi connectivity index (χ4v) is 2.05. The number of nitrogens with one attached hydrogen (secondary N) is 1. The van der Waals surface area contributed by atoms with Crippen molar-refractivity contribution in [2.45, 2.75) is 52.5 Å². The summed E-state index contributed by atoms with van der Waals surface area (Å²) in [7, 11) is 0. The van der Waals surface area contributed by atoms with Crippen molar-refractivity contribution in [2.75, 3.05) is 0 Å². The molecule has 0 radical (unpaired) electrons. The van der Waals surface area contributed by atoms with Crippen molar-refractivity contribution in [1.82, 2.24) is 5.32 Å². The molecule has 1 fully saturated rings. The highest BCUT2D eigenvalue weighted by molar-refractivity contribution is 5.89. The van der Waals surface area contributed by atoms with E-state index in [1.54, 1.807) is 0 Å². The molecule has 0 aromatic rings. The summed E-state index contributed by atoms with van der Waals surface area (Å²) in [6.07, 6.45) is 3.02. The van der Waals surface area contributed by atoms with E-state index in [1.165, 1.54) is 0 Å². The Morgan fingerprint density at radius 3 is 2.25 bits per heavy atom. The van der Waals surface area contributed by atoms with Gasteiger partial charge in [-0.25, -0.2) is 4.79 Å². The molecule has 4 nitrogen and oxygen atoms in total. The molecule has 1 atom stereocenters. The van der Waals surface area contributed by atoms with Crippen molar-refractivity contribution >= 4 is 11.9 Å². The summed E-state index contributed by atoms with van der Waals surface area (Å²) in [4.78, 5) is 22.9. The summed E-state index contributed by atoms with van der Waals surface area (Å²) < 4.78 is 0. The molecule has 0 saturated heterocycles. The quantitative estimate of drug-likeness (QED) is 0.727. The van der Waals surface area contributed by atoms with Gasteiger partial charge in [0.05, 0.1) is 5.41 Å². The predicted octanol–water partition coefficient (Wildman–Crippen LogP) is 1.79. The SMILES string of the molecule is CCCC(NC(=O)C1(C(C)C)CC1)C(=O)O. The van der Waals surface area contributed by atoms with Crippen LogP contribution in [0.5, 0.6) is 0 Å². The van der Waals surface area contributed by atoms with Crippen molar-refractivity contribution in [3.8, 4) is 0 Å². The van der Waals surface area contributed by atoms with Crippen LogP contribution in [0, 0.1) is 11.3 Å². The zero-order valence-electron chi connectivity index (χ0n) is 10.2. The number of hydrogen-bond acceptors (Lipinski definition) is 2. The van der Waals surface area contributed by atoms with Crippen LogP contribution in [0.1, 0.15) is 46.5 Å². The molecule has 1 aliphatic rings. The smallest absolute Gasteiger partial charge is 0.326 e. The van der Waals surface area contributed by atoms with Gasteiger partial charge in [0.25, 0.3) is 0 Å². The second-order valence-electron chi connectivity index (χ2n) is 4.96. The number of carboxylic acids is 1. The first-order valence-electron chi connectivity index (χ1n) is 5.98. The maximum absolute atomic E-state index is 12.0. The van der Waals surface area contributed by atoms with Gasteiger partial charge in [-0.1, -0.05) is 27.2 Å². The van der Waals surface area contributed by atoms with E-state index in [0.29, 0.717) is 6.42 Å². The number of carboxylic acid groups (broad SMARTS) is 1. The van der Waals surface area contributed by atoms with Gasteiger partial charge in [-0.2, -0.15) is 0 Å². The summed E-state index contributed by atoms with van der Waals surface area (Å²) in [5.41, 5.74) is -0.290. The van der Waals surface area contributed by atoms with Crippen LogP contribution in [0.25, 0.3) is 0 Å². The third kappa shape index (κ3) is 2.54. The number of carbonyl (C=O) groups is 2. The molecular formula is C12H21NO3. The maximum Gasteiger partial charge on any atom is 0.326 e. The molecule has 0 aliphatic heterocycles. The standard InChI is InChI=1S/C12H21NO3/c1-4-5-9(10(14)15)13-11(16)12(6-7-12)8(2)3/h8-9H,4-7H2,1-3H3,(H,13,16)(H,14,15). The lowest BCUT2D eigenvalue weighted by atomic mass is 9.91. The Balaban J connectivity index is 2.59. The van der Waals surface area contributed by atoms with Crippen molar-refractivity contribution in [1.29, 1.82) is 0 Å². The highest BCUT2D eigenvalue weighted by Gasteiger charge is 2.52. The van der Waals surface area contributed by atoms with Gasteiger partial charge in [0.15, 0.2) is 0 Å². The van der Waals surface area contributed by atoms with Crippen LogP contribution in [0.2, 0.25) is 0 Å². The van der Waals surface area contributed by atoms with Gasteiger partial charge in [-0.3, -0.25) is 4.79 Å². The molecule has 1 amide bonds. The lowest BCUT2D eigenvalue weighted by Crippen LogP contribution is -2.45. The predicted molar refractivity (Wildman–Crippen MR) is 61.0 cm³/mol. The first kappa shape index (κ1) is 13.0. The Labute approximate surface area is 96.4 Å². The highest BCUT2D eigenvalue weighted by atomic mass is 16.4. The number of hydrogen-bond donors (Lipinski definition) is 2. The van der Waals surface area contributed by atoms with Crippen molar-refractivity contribution in [2.24, 2.45) is 11.3 Å². The van der Waals surface area contributed by atoms with E-state index < -0.39 is 12.0 Å². The Morgan fingerprint density at radius 2 is 1.94 bits per heavy atom. The van der Waals surface area contributed by atoms with E-state index >= 15 is 0 Å². The van der Waals surface area contributed by atoms with E-state index in [-0.39, 0.29) is 17.2 Å². The number of amides is 1. The van der Waals surface area contributed by atoms with E-state index in [0.717, 1.165) is 19.3 Å². The third-order valence-corrected chi connectivity index (χ3v) is 3.53. The largest absolute Gasteiger partial charge is 0.480 e. The first-order valence-corrected chi connectivity index (χ1v) is 5.98. The van der Waals surface area contributed by atoms with Gasteiger partial charge in [0, 0.05) is 0 Å². The summed E-state index contributed by atoms with van der Waals surface area (Å²) in [5, 5.41) is 11.6. The average Bonchev–Trinajstić information content (AvgIpc) is 2.97. The third-order valence-electron chi connectivity index (χ3n) is 3.53. The van der Waals surface area contributed by atoms with E-state index in [2.05, 4.69) is 5.32 Å². The van der Waals surface area contributed by atoms with Crippen LogP contribution in [-0.2, 0) is 9.59 Å². The first-order chi connectivity index (χ1) is 7.44. The Bertz CT molecular complexity index is 282. The van der Waals surface area contributed by atoms with Crippen LogP contribution in [-0.4, -0.2) is 23.0 Å². The summed E-state index contributed by atoms with van der Waals surface area (Å²) in [6, 6.07) is -0.728. The molecule has 0 aromatic heterocycles. The van der Waals surface area contributed by atoms with Gasteiger partial charge in [-0.15, -0.1) is 0 Å². The Morgan fingerprint density at radius 1 is 1.38 bits per heavy atom. The normalized spacial score (nSPS) is 19.2. The topological polar surface area (TPSA) is 66.4 Å². The van der Waals surface area contributed by atoms with Crippen LogP contribution in [0.4, 0.5) is 0 Å². The molecule has 0 bridgehead atoms. The monoisotopic (exact) mass is 227 g/mol. The van der Waals surface area contributed by atoms with E-state index in [4.69, 9.17) is 5.11 Å². The van der Waals surface area contributed by atoms with E-state index in [9.17, 15) is 9.59 Å². The molecule has 16 heavy (non-hydrogen) atoms. The Kier molecular flexibility index (Phi) is 3.94. The molecule has 0 spiro atoms. The molecule has 1 aliphatic carbocycles. The number of carbonyl (C=O) groups excluding carboxylic acids is 1. The molecule has 0 heterocycles. The lowest BCUT2D eigenvalue weighted by Gasteiger charge is -2.22. The van der Waals surface area contributed by atoms with Gasteiger partial charge in [0.2, 0.25) is 5.91 Å². The van der Waals surface area contributed by atoms with Crippen LogP contribution in [0.3, 0.4) is 0 Å². The Hall–Kier alpha value is -1.06.